The van der Waals surface area contributed by atoms with Crippen LogP contribution in [0, 0.1) is 0 Å². The lowest BCUT2D eigenvalue weighted by Gasteiger charge is -2.10. The van der Waals surface area contributed by atoms with Gasteiger partial charge in [0.1, 0.15) is 11.2 Å². The van der Waals surface area contributed by atoms with E-state index in [0.29, 0.717) is 0 Å². The molecule has 0 spiro atoms. The molecule has 0 fully saturated rings. The Labute approximate surface area is 104 Å². The van der Waals surface area contributed by atoms with Crippen molar-refractivity contribution >= 4 is 29.7 Å². The normalized spacial score (nSPS) is 13.6. The number of benzene rings is 1. The van der Waals surface area contributed by atoms with Gasteiger partial charge in [-0.15, -0.1) is 0 Å². The van der Waals surface area contributed by atoms with Crippen LogP contribution in [0.25, 0.3) is 0 Å². The minimum atomic E-state index is -4.18. The molecule has 0 radical (unpaired) electrons. The maximum absolute atomic E-state index is 11.7. The Morgan fingerprint density at radius 2 is 2.12 bits per heavy atom. The van der Waals surface area contributed by atoms with Gasteiger partial charge in [0, 0.05) is 6.54 Å². The number of hydrogen-bond donors (Lipinski definition) is 2. The molecule has 0 bridgehead atoms. The average Bonchev–Trinajstić information content (AvgIpc) is 2.25. The predicted molar refractivity (Wildman–Crippen MR) is 63.7 cm³/mol. The van der Waals surface area contributed by atoms with Crippen LogP contribution in [-0.2, 0) is 25.4 Å². The second kappa shape index (κ2) is 5.95. The SMILES string of the molecule is NCc1cccc(Cl)c1S(=O)(=O)OC[PH](=O)O. The van der Waals surface area contributed by atoms with Crippen LogP contribution in [0.3, 0.4) is 0 Å². The van der Waals surface area contributed by atoms with E-state index in [4.69, 9.17) is 22.2 Å². The van der Waals surface area contributed by atoms with Gasteiger partial charge in [-0.05, 0) is 11.6 Å². The van der Waals surface area contributed by atoms with E-state index < -0.39 is 24.5 Å². The van der Waals surface area contributed by atoms with E-state index >= 15 is 0 Å². The molecule has 0 aliphatic carbocycles. The summed E-state index contributed by atoms with van der Waals surface area (Å²) in [4.78, 5) is 8.30. The maximum atomic E-state index is 11.7. The van der Waals surface area contributed by atoms with Gasteiger partial charge in [0.15, 0.2) is 0 Å². The van der Waals surface area contributed by atoms with Gasteiger partial charge in [-0.1, -0.05) is 23.7 Å². The lowest BCUT2D eigenvalue weighted by molar-refractivity contribution is 0.355. The molecule has 1 rings (SSSR count). The van der Waals surface area contributed by atoms with Crippen molar-refractivity contribution in [2.45, 2.75) is 11.4 Å². The lowest BCUT2D eigenvalue weighted by atomic mass is 10.2. The highest BCUT2D eigenvalue weighted by molar-refractivity contribution is 7.87. The summed E-state index contributed by atoms with van der Waals surface area (Å²) in [6.45, 7) is -0.0349. The highest BCUT2D eigenvalue weighted by Gasteiger charge is 2.23. The fourth-order valence-corrected chi connectivity index (χ4v) is 3.58. The molecule has 6 nitrogen and oxygen atoms in total. The van der Waals surface area contributed by atoms with Crippen molar-refractivity contribution in [2.24, 2.45) is 5.73 Å². The summed E-state index contributed by atoms with van der Waals surface area (Å²) in [6, 6.07) is 4.42. The minimum absolute atomic E-state index is 0.0349. The third-order valence-corrected chi connectivity index (χ3v) is 4.29. The summed E-state index contributed by atoms with van der Waals surface area (Å²) in [6.07, 6.45) is -0.776. The van der Waals surface area contributed by atoms with E-state index in [9.17, 15) is 13.0 Å². The van der Waals surface area contributed by atoms with E-state index in [2.05, 4.69) is 4.18 Å². The highest BCUT2D eigenvalue weighted by Crippen LogP contribution is 2.28. The number of rotatable bonds is 5. The van der Waals surface area contributed by atoms with Gasteiger partial charge in [-0.2, -0.15) is 8.42 Å². The third kappa shape index (κ3) is 3.77. The lowest BCUT2D eigenvalue weighted by Crippen LogP contribution is -2.11. The van der Waals surface area contributed by atoms with Crippen molar-refractivity contribution < 1.29 is 22.1 Å². The van der Waals surface area contributed by atoms with Gasteiger partial charge in [0.2, 0.25) is 8.03 Å². The molecule has 0 aromatic heterocycles. The molecular weight excluding hydrogens is 289 g/mol. The van der Waals surface area contributed by atoms with Crippen LogP contribution in [0.2, 0.25) is 5.02 Å². The first-order valence-corrected chi connectivity index (χ1v) is 7.82. The van der Waals surface area contributed by atoms with Gasteiger partial charge in [-0.25, -0.2) is 0 Å². The zero-order chi connectivity index (χ0) is 13.1. The van der Waals surface area contributed by atoms with Crippen LogP contribution < -0.4 is 5.73 Å². The molecule has 1 aromatic carbocycles. The second-order valence-corrected chi connectivity index (χ2v) is 6.08. The number of nitrogens with two attached hydrogens (primary N) is 1. The van der Waals surface area contributed by atoms with Crippen molar-refractivity contribution in [1.82, 2.24) is 0 Å². The first-order valence-electron chi connectivity index (χ1n) is 4.47. The van der Waals surface area contributed by atoms with Gasteiger partial charge < -0.3 is 10.6 Å². The highest BCUT2D eigenvalue weighted by atomic mass is 35.5. The molecular formula is C8H11ClNO5PS. The molecule has 0 aliphatic rings. The number of hydrogen-bond acceptors (Lipinski definition) is 5. The van der Waals surface area contributed by atoms with E-state index in [1.807, 2.05) is 0 Å². The van der Waals surface area contributed by atoms with Crippen LogP contribution in [0.5, 0.6) is 0 Å². The third-order valence-electron chi connectivity index (χ3n) is 1.86. The Hall–Kier alpha value is -0.430. The van der Waals surface area contributed by atoms with Crippen LogP contribution >= 0.6 is 19.6 Å². The summed E-state index contributed by atoms with van der Waals surface area (Å²) in [7, 11) is -7.21. The molecule has 1 unspecified atom stereocenters. The first kappa shape index (κ1) is 14.6. The van der Waals surface area contributed by atoms with Gasteiger partial charge in [0.05, 0.1) is 5.02 Å². The zero-order valence-corrected chi connectivity index (χ0v) is 11.2. The van der Waals surface area contributed by atoms with E-state index in [1.54, 1.807) is 6.07 Å². The van der Waals surface area contributed by atoms with Gasteiger partial charge >= 0.3 is 0 Å². The fraction of sp³-hybridized carbons (Fsp3) is 0.250. The van der Waals surface area contributed by atoms with Crippen molar-refractivity contribution in [3.63, 3.8) is 0 Å². The van der Waals surface area contributed by atoms with E-state index in [1.165, 1.54) is 12.1 Å². The number of halogens is 1. The molecule has 17 heavy (non-hydrogen) atoms. The van der Waals surface area contributed by atoms with E-state index in [0.717, 1.165) is 0 Å². The Morgan fingerprint density at radius 1 is 1.47 bits per heavy atom. The van der Waals surface area contributed by atoms with Crippen molar-refractivity contribution in [2.75, 3.05) is 6.35 Å². The molecule has 9 heteroatoms. The van der Waals surface area contributed by atoms with Gasteiger partial charge in [0.25, 0.3) is 10.1 Å². The average molecular weight is 300 g/mol. The van der Waals surface area contributed by atoms with Crippen LogP contribution in [0.15, 0.2) is 23.1 Å². The van der Waals surface area contributed by atoms with Gasteiger partial charge in [-0.3, -0.25) is 8.75 Å². The molecule has 1 atom stereocenters. The second-order valence-electron chi connectivity index (χ2n) is 3.04. The Morgan fingerprint density at radius 3 is 2.65 bits per heavy atom. The predicted octanol–water partition coefficient (Wildman–Crippen LogP) is 0.929. The Kier molecular flexibility index (Phi) is 5.12. The summed E-state index contributed by atoms with van der Waals surface area (Å²) in [5.74, 6) is 0. The summed E-state index contributed by atoms with van der Waals surface area (Å²) < 4.78 is 38.4. The van der Waals surface area contributed by atoms with Crippen molar-refractivity contribution in [1.29, 1.82) is 0 Å². The van der Waals surface area contributed by atoms with Crippen LogP contribution in [-0.4, -0.2) is 19.7 Å². The van der Waals surface area contributed by atoms with Crippen LogP contribution in [0.1, 0.15) is 5.56 Å². The smallest absolute Gasteiger partial charge is 0.299 e. The zero-order valence-electron chi connectivity index (χ0n) is 8.59. The molecule has 3 N–H and O–H groups in total. The molecule has 0 aliphatic heterocycles. The monoisotopic (exact) mass is 299 g/mol. The van der Waals surface area contributed by atoms with Crippen molar-refractivity contribution in [3.05, 3.63) is 28.8 Å². The Bertz CT molecular complexity index is 533. The molecule has 96 valence electrons. The molecule has 0 heterocycles. The minimum Gasteiger partial charge on any atom is -0.345 e. The molecule has 0 saturated carbocycles. The topological polar surface area (TPSA) is 107 Å². The fourth-order valence-electron chi connectivity index (χ4n) is 1.18. The van der Waals surface area contributed by atoms with E-state index in [-0.39, 0.29) is 22.0 Å². The summed E-state index contributed by atoms with van der Waals surface area (Å²) in [5.41, 5.74) is 5.68. The molecule has 1 aromatic rings. The molecule has 0 amide bonds. The summed E-state index contributed by atoms with van der Waals surface area (Å²) >= 11 is 5.76. The van der Waals surface area contributed by atoms with Crippen LogP contribution in [0.4, 0.5) is 0 Å². The molecule has 0 saturated heterocycles. The first-order chi connectivity index (χ1) is 7.88. The van der Waals surface area contributed by atoms with Crippen molar-refractivity contribution in [3.8, 4) is 0 Å². The quantitative estimate of drug-likeness (QED) is 0.618. The Balaban J connectivity index is 3.18. The largest absolute Gasteiger partial charge is 0.345 e. The maximum Gasteiger partial charge on any atom is 0.299 e. The standard InChI is InChI=1S/C8H11ClNO5PS/c9-7-3-1-2-6(4-10)8(7)17(13,14)15-5-16(11)12/h1-3,16H,4-5,10H2,(H,11,12). The summed E-state index contributed by atoms with van der Waals surface area (Å²) in [5, 5.41) is -0.0365.